The van der Waals surface area contributed by atoms with Crippen LogP contribution in [0.5, 0.6) is 0 Å². The molecule has 0 aliphatic heterocycles. The topological polar surface area (TPSA) is 62.0 Å². The van der Waals surface area contributed by atoms with Gasteiger partial charge in [-0.25, -0.2) is 0 Å². The van der Waals surface area contributed by atoms with Crippen LogP contribution in [-0.2, 0) is 4.79 Å². The third-order valence-electron chi connectivity index (χ3n) is 1.63. The van der Waals surface area contributed by atoms with Gasteiger partial charge in [0.05, 0.1) is 11.9 Å². The maximum absolute atomic E-state index is 10.9. The van der Waals surface area contributed by atoms with E-state index in [0.717, 1.165) is 3.57 Å². The van der Waals surface area contributed by atoms with Crippen LogP contribution < -0.4 is 0 Å². The first-order valence-electron chi connectivity index (χ1n) is 4.16. The molecule has 0 spiro atoms. The zero-order chi connectivity index (χ0) is 11.3. The summed E-state index contributed by atoms with van der Waals surface area (Å²) in [5.74, 6) is -0.327. The van der Waals surface area contributed by atoms with E-state index in [1.807, 2.05) is 24.3 Å². The van der Waals surface area contributed by atoms with Crippen molar-refractivity contribution in [1.82, 2.24) is 0 Å². The predicted octanol–water partition coefficient (Wildman–Crippen LogP) is 2.41. The van der Waals surface area contributed by atoms with Gasteiger partial charge in [-0.1, -0.05) is 5.16 Å². The van der Waals surface area contributed by atoms with Crippen molar-refractivity contribution >= 4 is 46.0 Å². The van der Waals surface area contributed by atoms with Gasteiger partial charge in [-0.05, 0) is 46.9 Å². The van der Waals surface area contributed by atoms with E-state index in [0.29, 0.717) is 5.69 Å². The van der Waals surface area contributed by atoms with Crippen LogP contribution in [0.15, 0.2) is 34.4 Å². The number of hydrogen-bond acceptors (Lipinski definition) is 4. The number of hydrogen-bond donors (Lipinski definition) is 1. The van der Waals surface area contributed by atoms with Gasteiger partial charge in [-0.3, -0.25) is 9.79 Å². The molecule has 0 unspecified atom stereocenters. The number of aliphatic imine (C=N–C) groups is 1. The number of carbonyl (C=O) groups is 1. The summed E-state index contributed by atoms with van der Waals surface area (Å²) in [5.41, 5.74) is 0.645. The highest BCUT2D eigenvalue weighted by Gasteiger charge is 2.01. The lowest BCUT2D eigenvalue weighted by Crippen LogP contribution is -2.10. The van der Waals surface area contributed by atoms with Crippen LogP contribution >= 0.6 is 22.6 Å². The van der Waals surface area contributed by atoms with Gasteiger partial charge in [0.25, 0.3) is 0 Å². The van der Waals surface area contributed by atoms with Crippen molar-refractivity contribution < 1.29 is 10.0 Å². The highest BCUT2D eigenvalue weighted by Crippen LogP contribution is 2.13. The van der Waals surface area contributed by atoms with Crippen molar-refractivity contribution in [2.45, 2.75) is 6.92 Å². The fourth-order valence-corrected chi connectivity index (χ4v) is 1.21. The van der Waals surface area contributed by atoms with E-state index >= 15 is 0 Å². The lowest BCUT2D eigenvalue weighted by molar-refractivity contribution is -0.111. The molecule has 0 amide bonds. The normalized spacial score (nSPS) is 12.0. The summed E-state index contributed by atoms with van der Waals surface area (Å²) in [5, 5.41) is 11.3. The number of benzene rings is 1. The molecule has 0 saturated heterocycles. The van der Waals surface area contributed by atoms with Crippen LogP contribution in [0.2, 0.25) is 0 Å². The van der Waals surface area contributed by atoms with Gasteiger partial charge in [-0.2, -0.15) is 0 Å². The van der Waals surface area contributed by atoms with Crippen LogP contribution in [0.25, 0.3) is 0 Å². The summed E-state index contributed by atoms with van der Waals surface area (Å²) in [6, 6.07) is 7.42. The van der Waals surface area contributed by atoms with Crippen molar-refractivity contribution in [2.75, 3.05) is 0 Å². The van der Waals surface area contributed by atoms with Crippen molar-refractivity contribution in [3.05, 3.63) is 27.8 Å². The first-order chi connectivity index (χ1) is 7.13. The zero-order valence-electron chi connectivity index (χ0n) is 8.01. The van der Waals surface area contributed by atoms with Crippen molar-refractivity contribution in [3.8, 4) is 0 Å². The molecule has 1 aromatic rings. The van der Waals surface area contributed by atoms with Gasteiger partial charge in [-0.15, -0.1) is 0 Å². The van der Waals surface area contributed by atoms with Crippen LogP contribution in [0.4, 0.5) is 5.69 Å². The van der Waals surface area contributed by atoms with Crippen LogP contribution in [-0.4, -0.2) is 22.9 Å². The number of ketones is 1. The van der Waals surface area contributed by atoms with Gasteiger partial charge in [0, 0.05) is 10.5 Å². The zero-order valence-corrected chi connectivity index (χ0v) is 10.2. The Hall–Kier alpha value is -1.24. The summed E-state index contributed by atoms with van der Waals surface area (Å²) in [6.07, 6.45) is 1.24. The first kappa shape index (κ1) is 11.8. The highest BCUT2D eigenvalue weighted by molar-refractivity contribution is 14.1. The number of rotatable bonds is 3. The van der Waals surface area contributed by atoms with E-state index in [4.69, 9.17) is 5.21 Å². The molecule has 1 aromatic carbocycles. The monoisotopic (exact) mass is 316 g/mol. The van der Waals surface area contributed by atoms with E-state index in [1.165, 1.54) is 13.1 Å². The SMILES string of the molecule is CC(=O)C(C=Nc1ccc(I)cc1)=NO. The van der Waals surface area contributed by atoms with Crippen molar-refractivity contribution in [1.29, 1.82) is 0 Å². The fraction of sp³-hybridized carbons (Fsp3) is 0.100. The molecular formula is C10H9IN2O2. The Kier molecular flexibility index (Phi) is 4.41. The Morgan fingerprint density at radius 2 is 2.00 bits per heavy atom. The number of Topliss-reactive ketones (excluding diaryl/α,β-unsaturated/α-hetero) is 1. The van der Waals surface area contributed by atoms with Crippen LogP contribution in [0, 0.1) is 3.57 Å². The molecule has 0 atom stereocenters. The molecule has 1 N–H and O–H groups in total. The van der Waals surface area contributed by atoms with Crippen LogP contribution in [0.1, 0.15) is 6.92 Å². The lowest BCUT2D eigenvalue weighted by Gasteiger charge is -1.94. The molecule has 0 aliphatic rings. The Morgan fingerprint density at radius 1 is 1.40 bits per heavy atom. The Balaban J connectivity index is 2.81. The smallest absolute Gasteiger partial charge is 0.183 e. The third kappa shape index (κ3) is 3.78. The molecule has 0 radical (unpaired) electrons. The molecular weight excluding hydrogens is 307 g/mol. The Bertz CT molecular complexity index is 410. The lowest BCUT2D eigenvalue weighted by atomic mass is 10.3. The number of nitrogens with zero attached hydrogens (tertiary/aromatic N) is 2. The number of carbonyl (C=O) groups excluding carboxylic acids is 1. The predicted molar refractivity (Wildman–Crippen MR) is 67.2 cm³/mol. The number of oxime groups is 1. The van der Waals surface area contributed by atoms with Crippen molar-refractivity contribution in [3.63, 3.8) is 0 Å². The van der Waals surface area contributed by atoms with Gasteiger partial charge in [0.2, 0.25) is 0 Å². The van der Waals surface area contributed by atoms with E-state index in [-0.39, 0.29) is 11.5 Å². The molecule has 4 nitrogen and oxygen atoms in total. The van der Waals surface area contributed by atoms with Gasteiger partial charge in [0.1, 0.15) is 0 Å². The first-order valence-corrected chi connectivity index (χ1v) is 5.24. The van der Waals surface area contributed by atoms with Gasteiger partial charge in [0.15, 0.2) is 11.5 Å². The standard InChI is InChI=1S/C10H9IN2O2/c1-7(14)10(13-15)6-12-9-4-2-8(11)3-5-9/h2-6,15H,1H3. The summed E-state index contributed by atoms with van der Waals surface area (Å²) >= 11 is 2.19. The minimum absolute atomic E-state index is 0.0615. The molecule has 0 heterocycles. The minimum atomic E-state index is -0.327. The van der Waals surface area contributed by atoms with Crippen LogP contribution in [0.3, 0.4) is 0 Å². The van der Waals surface area contributed by atoms with Gasteiger partial charge >= 0.3 is 0 Å². The second-order valence-corrected chi connectivity index (χ2v) is 4.02. The summed E-state index contributed by atoms with van der Waals surface area (Å²) in [6.45, 7) is 1.31. The third-order valence-corrected chi connectivity index (χ3v) is 2.35. The van der Waals surface area contributed by atoms with E-state index in [9.17, 15) is 4.79 Å². The van der Waals surface area contributed by atoms with E-state index in [2.05, 4.69) is 32.7 Å². The average molecular weight is 316 g/mol. The molecule has 0 fully saturated rings. The average Bonchev–Trinajstić information content (AvgIpc) is 2.21. The molecule has 5 heteroatoms. The maximum Gasteiger partial charge on any atom is 0.183 e. The summed E-state index contributed by atoms with van der Waals surface area (Å²) in [7, 11) is 0. The van der Waals surface area contributed by atoms with E-state index < -0.39 is 0 Å². The summed E-state index contributed by atoms with van der Waals surface area (Å²) < 4.78 is 1.11. The quantitative estimate of drug-likeness (QED) is 0.403. The summed E-state index contributed by atoms with van der Waals surface area (Å²) in [4.78, 5) is 14.9. The number of halogens is 1. The van der Waals surface area contributed by atoms with Crippen molar-refractivity contribution in [2.24, 2.45) is 10.1 Å². The van der Waals surface area contributed by atoms with E-state index in [1.54, 1.807) is 0 Å². The highest BCUT2D eigenvalue weighted by atomic mass is 127. The second kappa shape index (κ2) is 5.59. The molecule has 1 rings (SSSR count). The second-order valence-electron chi connectivity index (χ2n) is 2.78. The Morgan fingerprint density at radius 3 is 2.47 bits per heavy atom. The largest absolute Gasteiger partial charge is 0.410 e. The fourth-order valence-electron chi connectivity index (χ4n) is 0.850. The molecule has 0 bridgehead atoms. The van der Waals surface area contributed by atoms with Gasteiger partial charge < -0.3 is 5.21 Å². The molecule has 78 valence electrons. The Labute approximate surface area is 101 Å². The molecule has 0 aromatic heterocycles. The molecule has 0 saturated carbocycles. The molecule has 15 heavy (non-hydrogen) atoms. The maximum atomic E-state index is 10.9. The minimum Gasteiger partial charge on any atom is -0.410 e. The molecule has 0 aliphatic carbocycles.